The molecule has 3 rings (SSSR count). The summed E-state index contributed by atoms with van der Waals surface area (Å²) in [4.78, 5) is 30.7. The Morgan fingerprint density at radius 2 is 1.93 bits per heavy atom. The number of thiazole rings is 1. The number of rotatable bonds is 6. The lowest BCUT2D eigenvalue weighted by Crippen LogP contribution is -2.42. The van der Waals surface area contributed by atoms with Crippen LogP contribution in [0.15, 0.2) is 35.8 Å². The van der Waals surface area contributed by atoms with Gasteiger partial charge in [0.05, 0.1) is 23.5 Å². The largest absolute Gasteiger partial charge is 0.347 e. The number of carbonyl (C=O) groups is 2. The highest BCUT2D eigenvalue weighted by Gasteiger charge is 2.32. The summed E-state index contributed by atoms with van der Waals surface area (Å²) in [6.07, 6.45) is 4.22. The molecule has 1 aliphatic rings. The fraction of sp³-hybridized carbons (Fsp3) is 0.421. The van der Waals surface area contributed by atoms with Gasteiger partial charge in [0.25, 0.3) is 5.91 Å². The first-order chi connectivity index (χ1) is 13.7. The Labute approximate surface area is 174 Å². The number of nitrogens with one attached hydrogen (secondary N) is 2. The molecular weight excluding hydrogens is 412 g/mol. The monoisotopic (exact) mass is 436 g/mol. The molecule has 0 bridgehead atoms. The number of hydrogen-bond acceptors (Lipinski definition) is 6. The first kappa shape index (κ1) is 21.3. The summed E-state index contributed by atoms with van der Waals surface area (Å²) in [5.74, 6) is -0.136. The van der Waals surface area contributed by atoms with Gasteiger partial charge in [-0.1, -0.05) is 12.1 Å². The minimum Gasteiger partial charge on any atom is -0.347 e. The van der Waals surface area contributed by atoms with E-state index in [1.54, 1.807) is 35.4 Å². The molecule has 0 saturated carbocycles. The number of sulfonamides is 1. The van der Waals surface area contributed by atoms with Crippen LogP contribution in [0, 0.1) is 5.92 Å². The summed E-state index contributed by atoms with van der Waals surface area (Å²) < 4.78 is 25.6. The molecule has 10 heteroatoms. The molecule has 1 aromatic carbocycles. The lowest BCUT2D eigenvalue weighted by molar-refractivity contribution is -0.120. The molecule has 8 nitrogen and oxygen atoms in total. The molecule has 0 aliphatic carbocycles. The first-order valence-electron chi connectivity index (χ1n) is 9.27. The van der Waals surface area contributed by atoms with Crippen molar-refractivity contribution in [2.24, 2.45) is 5.92 Å². The third-order valence-corrected chi connectivity index (χ3v) is 6.28. The maximum absolute atomic E-state index is 13.0. The Morgan fingerprint density at radius 3 is 2.52 bits per heavy atom. The van der Waals surface area contributed by atoms with Crippen LogP contribution >= 0.6 is 11.3 Å². The average molecular weight is 437 g/mol. The number of anilines is 1. The van der Waals surface area contributed by atoms with E-state index in [4.69, 9.17) is 0 Å². The highest BCUT2D eigenvalue weighted by Crippen LogP contribution is 2.32. The van der Waals surface area contributed by atoms with E-state index in [-0.39, 0.29) is 29.5 Å². The van der Waals surface area contributed by atoms with Gasteiger partial charge in [-0.2, -0.15) is 0 Å². The lowest BCUT2D eigenvalue weighted by atomic mass is 9.89. The number of benzene rings is 1. The van der Waals surface area contributed by atoms with E-state index < -0.39 is 10.0 Å². The van der Waals surface area contributed by atoms with E-state index in [1.807, 2.05) is 5.38 Å². The second-order valence-corrected chi connectivity index (χ2v) is 9.77. The standard InChI is InChI=1S/C19H24N4O4S2/c1-13(24)21-17(18-20-9-12-28-18)14-7-10-23(11-8-14)19(25)15-5-3-4-6-16(15)22-29(2,26)27/h3-6,9,12,14,17,22H,7-8,10-11H2,1-2H3,(H,21,24)/t17-/m0/s1. The molecule has 0 unspecified atom stereocenters. The van der Waals surface area contributed by atoms with Gasteiger partial charge in [-0.15, -0.1) is 11.3 Å². The molecule has 1 saturated heterocycles. The molecule has 29 heavy (non-hydrogen) atoms. The number of piperidine rings is 1. The summed E-state index contributed by atoms with van der Waals surface area (Å²) >= 11 is 1.51. The van der Waals surface area contributed by atoms with E-state index >= 15 is 0 Å². The predicted octanol–water partition coefficient (Wildman–Crippen LogP) is 2.24. The molecule has 2 N–H and O–H groups in total. The fourth-order valence-corrected chi connectivity index (χ4v) is 4.91. The van der Waals surface area contributed by atoms with Crippen molar-refractivity contribution in [2.75, 3.05) is 24.1 Å². The van der Waals surface area contributed by atoms with E-state index in [2.05, 4.69) is 15.0 Å². The van der Waals surface area contributed by atoms with Gasteiger partial charge < -0.3 is 10.2 Å². The Kier molecular flexibility index (Phi) is 6.53. The number of aromatic nitrogens is 1. The Balaban J connectivity index is 1.71. The quantitative estimate of drug-likeness (QED) is 0.722. The van der Waals surface area contributed by atoms with Crippen LogP contribution in [0.2, 0.25) is 0 Å². The first-order valence-corrected chi connectivity index (χ1v) is 12.0. The zero-order valence-electron chi connectivity index (χ0n) is 16.3. The minimum absolute atomic E-state index is 0.107. The van der Waals surface area contributed by atoms with Crippen molar-refractivity contribution < 1.29 is 18.0 Å². The van der Waals surface area contributed by atoms with Crippen LogP contribution in [0.5, 0.6) is 0 Å². The number of hydrogen-bond donors (Lipinski definition) is 2. The SMILES string of the molecule is CC(=O)N[C@H](c1nccs1)C1CCN(C(=O)c2ccccc2NS(C)(=O)=O)CC1. The van der Waals surface area contributed by atoms with Crippen molar-refractivity contribution in [3.05, 3.63) is 46.4 Å². The second kappa shape index (κ2) is 8.91. The molecule has 1 atom stereocenters. The smallest absolute Gasteiger partial charge is 0.255 e. The second-order valence-electron chi connectivity index (χ2n) is 7.10. The Morgan fingerprint density at radius 1 is 1.24 bits per heavy atom. The van der Waals surface area contributed by atoms with Gasteiger partial charge in [0.1, 0.15) is 5.01 Å². The van der Waals surface area contributed by atoms with E-state index in [0.29, 0.717) is 18.7 Å². The summed E-state index contributed by atoms with van der Waals surface area (Å²) in [6.45, 7) is 2.54. The molecule has 0 radical (unpaired) electrons. The van der Waals surface area contributed by atoms with E-state index in [9.17, 15) is 18.0 Å². The van der Waals surface area contributed by atoms with Crippen LogP contribution < -0.4 is 10.0 Å². The van der Waals surface area contributed by atoms with E-state index in [0.717, 1.165) is 24.1 Å². The summed E-state index contributed by atoms with van der Waals surface area (Å²) in [6, 6.07) is 6.43. The van der Waals surface area contributed by atoms with Crippen LogP contribution in [0.25, 0.3) is 0 Å². The molecule has 1 aliphatic heterocycles. The highest BCUT2D eigenvalue weighted by atomic mass is 32.2. The molecule has 2 amide bonds. The van der Waals surface area contributed by atoms with Crippen molar-refractivity contribution in [2.45, 2.75) is 25.8 Å². The topological polar surface area (TPSA) is 108 Å². The number of amides is 2. The average Bonchev–Trinajstić information content (AvgIpc) is 3.19. The van der Waals surface area contributed by atoms with Crippen molar-refractivity contribution in [3.63, 3.8) is 0 Å². The van der Waals surface area contributed by atoms with Crippen molar-refractivity contribution in [1.29, 1.82) is 0 Å². The molecule has 2 heterocycles. The van der Waals surface area contributed by atoms with Gasteiger partial charge in [-0.3, -0.25) is 14.3 Å². The predicted molar refractivity (Wildman–Crippen MR) is 112 cm³/mol. The third-order valence-electron chi connectivity index (χ3n) is 4.83. The van der Waals surface area contributed by atoms with Crippen molar-refractivity contribution in [1.82, 2.24) is 15.2 Å². The van der Waals surface area contributed by atoms with Gasteiger partial charge in [-0.05, 0) is 30.9 Å². The molecule has 2 aromatic rings. The van der Waals surface area contributed by atoms with Gasteiger partial charge in [0.15, 0.2) is 0 Å². The third kappa shape index (κ3) is 5.54. The maximum Gasteiger partial charge on any atom is 0.255 e. The van der Waals surface area contributed by atoms with Crippen LogP contribution in [0.3, 0.4) is 0 Å². The summed E-state index contributed by atoms with van der Waals surface area (Å²) in [5.41, 5.74) is 0.607. The lowest BCUT2D eigenvalue weighted by Gasteiger charge is -2.35. The van der Waals surface area contributed by atoms with Crippen molar-refractivity contribution >= 4 is 38.9 Å². The number of para-hydroxylation sites is 1. The number of carbonyl (C=O) groups excluding carboxylic acids is 2. The van der Waals surface area contributed by atoms with Gasteiger partial charge in [0.2, 0.25) is 15.9 Å². The minimum atomic E-state index is -3.49. The van der Waals surface area contributed by atoms with E-state index in [1.165, 1.54) is 18.3 Å². The summed E-state index contributed by atoms with van der Waals surface area (Å²) in [5, 5.41) is 5.74. The normalized spacial score (nSPS) is 16.3. The van der Waals surface area contributed by atoms with Gasteiger partial charge in [-0.25, -0.2) is 13.4 Å². The Hall–Kier alpha value is -2.46. The molecule has 1 fully saturated rings. The van der Waals surface area contributed by atoms with Gasteiger partial charge in [0, 0.05) is 31.6 Å². The van der Waals surface area contributed by atoms with Gasteiger partial charge >= 0.3 is 0 Å². The van der Waals surface area contributed by atoms with Crippen LogP contribution in [-0.2, 0) is 14.8 Å². The Bertz CT molecular complexity index is 968. The fourth-order valence-electron chi connectivity index (χ4n) is 3.55. The van der Waals surface area contributed by atoms with Crippen LogP contribution in [0.1, 0.15) is 41.2 Å². The molecule has 156 valence electrons. The number of likely N-dealkylation sites (tertiary alicyclic amines) is 1. The van der Waals surface area contributed by atoms with Crippen LogP contribution in [0.4, 0.5) is 5.69 Å². The zero-order chi connectivity index (χ0) is 21.0. The molecule has 0 spiro atoms. The van der Waals surface area contributed by atoms with Crippen molar-refractivity contribution in [3.8, 4) is 0 Å². The number of nitrogens with zero attached hydrogens (tertiary/aromatic N) is 2. The molecule has 1 aromatic heterocycles. The zero-order valence-corrected chi connectivity index (χ0v) is 17.9. The molecular formula is C19H24N4O4S2. The maximum atomic E-state index is 13.0. The highest BCUT2D eigenvalue weighted by molar-refractivity contribution is 7.92. The summed E-state index contributed by atoms with van der Waals surface area (Å²) in [7, 11) is -3.49. The van der Waals surface area contributed by atoms with Crippen LogP contribution in [-0.4, -0.2) is 49.5 Å².